The fourth-order valence-electron chi connectivity index (χ4n) is 8.27. The molecule has 402 valence electrons. The van der Waals surface area contributed by atoms with Crippen molar-refractivity contribution in [1.29, 1.82) is 0 Å². The summed E-state index contributed by atoms with van der Waals surface area (Å²) in [6.07, 6.45) is 75.7. The number of ether oxygens (including phenoxy) is 3. The number of carbonyl (C=O) groups is 3. The van der Waals surface area contributed by atoms with E-state index >= 15 is 0 Å². The van der Waals surface area contributed by atoms with Crippen molar-refractivity contribution in [2.24, 2.45) is 0 Å². The van der Waals surface area contributed by atoms with Gasteiger partial charge < -0.3 is 14.2 Å². The van der Waals surface area contributed by atoms with E-state index in [9.17, 15) is 14.4 Å². The molecule has 0 saturated carbocycles. The fourth-order valence-corrected chi connectivity index (χ4v) is 8.27. The molecule has 6 nitrogen and oxygen atoms in total. The van der Waals surface area contributed by atoms with E-state index in [2.05, 4.69) is 106 Å². The summed E-state index contributed by atoms with van der Waals surface area (Å²) < 4.78 is 16.9. The molecule has 0 aliphatic heterocycles. The molecule has 0 heterocycles. The van der Waals surface area contributed by atoms with Crippen LogP contribution in [0.3, 0.4) is 0 Å². The Morgan fingerprint density at radius 1 is 0.300 bits per heavy atom. The molecule has 0 N–H and O–H groups in total. The molecule has 0 aromatic rings. The van der Waals surface area contributed by atoms with Crippen molar-refractivity contribution in [3.8, 4) is 0 Å². The van der Waals surface area contributed by atoms with Crippen molar-refractivity contribution in [1.82, 2.24) is 0 Å². The molecule has 6 heteroatoms. The third-order valence-electron chi connectivity index (χ3n) is 12.6. The van der Waals surface area contributed by atoms with Gasteiger partial charge in [0, 0.05) is 19.3 Å². The molecule has 0 amide bonds. The van der Waals surface area contributed by atoms with E-state index in [1.165, 1.54) is 116 Å². The Kier molecular flexibility index (Phi) is 55.3. The molecular formula is C64H110O6. The Hall–Kier alpha value is -3.41. The van der Waals surface area contributed by atoms with E-state index in [1.807, 2.05) is 0 Å². The average molecular weight is 976 g/mol. The summed E-state index contributed by atoms with van der Waals surface area (Å²) in [7, 11) is 0. The summed E-state index contributed by atoms with van der Waals surface area (Å²) >= 11 is 0. The predicted octanol–water partition coefficient (Wildman–Crippen LogP) is 19.9. The molecule has 0 saturated heterocycles. The Morgan fingerprint density at radius 3 is 0.871 bits per heavy atom. The average Bonchev–Trinajstić information content (AvgIpc) is 3.36. The van der Waals surface area contributed by atoms with Crippen LogP contribution in [0.5, 0.6) is 0 Å². The van der Waals surface area contributed by atoms with E-state index in [1.54, 1.807) is 0 Å². The smallest absolute Gasteiger partial charge is 0.306 e. The van der Waals surface area contributed by atoms with E-state index < -0.39 is 6.10 Å². The minimum atomic E-state index is -0.789. The second-order valence-electron chi connectivity index (χ2n) is 19.5. The molecule has 0 aliphatic carbocycles. The van der Waals surface area contributed by atoms with Gasteiger partial charge in [-0.25, -0.2) is 0 Å². The molecule has 70 heavy (non-hydrogen) atoms. The summed E-state index contributed by atoms with van der Waals surface area (Å²) in [5, 5.41) is 0. The van der Waals surface area contributed by atoms with Crippen molar-refractivity contribution in [2.75, 3.05) is 13.2 Å². The largest absolute Gasteiger partial charge is 0.462 e. The number of rotatable bonds is 53. The number of unbranched alkanes of at least 4 members (excludes halogenated alkanes) is 28. The summed E-state index contributed by atoms with van der Waals surface area (Å²) in [5.74, 6) is -0.907. The quantitative estimate of drug-likeness (QED) is 0.0261. The molecule has 0 bridgehead atoms. The van der Waals surface area contributed by atoms with Gasteiger partial charge in [0.2, 0.25) is 0 Å². The van der Waals surface area contributed by atoms with E-state index in [4.69, 9.17) is 14.2 Å². The number of hydrogen-bond donors (Lipinski definition) is 0. The first-order valence-corrected chi connectivity index (χ1v) is 29.6. The highest BCUT2D eigenvalue weighted by molar-refractivity contribution is 5.71. The lowest BCUT2D eigenvalue weighted by molar-refractivity contribution is -0.167. The first-order chi connectivity index (χ1) is 34.5. The molecule has 1 atom stereocenters. The van der Waals surface area contributed by atoms with Crippen molar-refractivity contribution < 1.29 is 28.6 Å². The third-order valence-corrected chi connectivity index (χ3v) is 12.6. The Morgan fingerprint density at radius 2 is 0.557 bits per heavy atom. The van der Waals surface area contributed by atoms with Gasteiger partial charge in [0.1, 0.15) is 13.2 Å². The van der Waals surface area contributed by atoms with Crippen LogP contribution in [0.4, 0.5) is 0 Å². The zero-order valence-corrected chi connectivity index (χ0v) is 46.0. The second-order valence-corrected chi connectivity index (χ2v) is 19.5. The monoisotopic (exact) mass is 975 g/mol. The van der Waals surface area contributed by atoms with Gasteiger partial charge >= 0.3 is 17.9 Å². The Balaban J connectivity index is 4.41. The summed E-state index contributed by atoms with van der Waals surface area (Å²) in [6.45, 7) is 6.42. The van der Waals surface area contributed by atoms with E-state index in [-0.39, 0.29) is 31.1 Å². The number of esters is 3. The van der Waals surface area contributed by atoms with Gasteiger partial charge in [-0.3, -0.25) is 14.4 Å². The van der Waals surface area contributed by atoms with Crippen LogP contribution in [0.1, 0.15) is 284 Å². The molecule has 0 fully saturated rings. The van der Waals surface area contributed by atoms with Crippen LogP contribution < -0.4 is 0 Å². The second kappa shape index (κ2) is 58.2. The van der Waals surface area contributed by atoms with Crippen LogP contribution in [0, 0.1) is 0 Å². The zero-order chi connectivity index (χ0) is 50.7. The van der Waals surface area contributed by atoms with Crippen LogP contribution in [0.15, 0.2) is 85.1 Å². The molecule has 1 unspecified atom stereocenters. The highest BCUT2D eigenvalue weighted by Gasteiger charge is 2.19. The maximum absolute atomic E-state index is 12.9. The lowest BCUT2D eigenvalue weighted by Crippen LogP contribution is -2.30. The highest BCUT2D eigenvalue weighted by Crippen LogP contribution is 2.16. The first kappa shape index (κ1) is 66.6. The number of carbonyl (C=O) groups excluding carboxylic acids is 3. The third kappa shape index (κ3) is 55.5. The van der Waals surface area contributed by atoms with Crippen molar-refractivity contribution >= 4 is 17.9 Å². The van der Waals surface area contributed by atoms with Crippen molar-refractivity contribution in [2.45, 2.75) is 290 Å². The van der Waals surface area contributed by atoms with Crippen LogP contribution in [0.25, 0.3) is 0 Å². The number of hydrogen-bond acceptors (Lipinski definition) is 6. The normalized spacial score (nSPS) is 12.7. The van der Waals surface area contributed by atoms with Gasteiger partial charge in [0.05, 0.1) is 0 Å². The lowest BCUT2D eigenvalue weighted by Gasteiger charge is -2.18. The minimum absolute atomic E-state index is 0.0880. The number of allylic oxidation sites excluding steroid dienone is 14. The van der Waals surface area contributed by atoms with E-state index in [0.29, 0.717) is 19.3 Å². The summed E-state index contributed by atoms with van der Waals surface area (Å²) in [6, 6.07) is 0. The van der Waals surface area contributed by atoms with Crippen LogP contribution in [-0.4, -0.2) is 37.2 Å². The maximum atomic E-state index is 12.9. The Labute approximate surface area is 433 Å². The van der Waals surface area contributed by atoms with Crippen LogP contribution in [0.2, 0.25) is 0 Å². The molecule has 0 radical (unpaired) electrons. The standard InChI is InChI=1S/C64H110O6/c1-4-7-10-13-16-19-22-25-28-30-32-34-36-39-42-45-48-51-54-57-63(66)69-60-61(59-68-62(65)56-53-50-47-44-41-38-35-27-24-21-18-15-12-9-6-3)70-64(67)58-55-52-49-46-43-40-37-33-31-29-26-23-20-17-14-11-8-5-2/h7,9-10,12,16,18-19,21,25,27-28,32,34-35,61H,4-6,8,11,13-15,17,20,22-24,26,29-31,33,36-60H2,1-3H3/b10-7-,12-9-,19-16-,21-18-,28-25-,34-32-,35-27-. The minimum Gasteiger partial charge on any atom is -0.462 e. The SMILES string of the molecule is CC/C=C\C/C=C\C/C=C\C/C=C\CCCCCCCCC(=O)OCC(COC(=O)CCCCCCC/C=C\C/C=C\C/C=C\CC)OC(=O)CCCCCCCCCCCCCCCCCCCC. The predicted molar refractivity (Wildman–Crippen MR) is 302 cm³/mol. The Bertz CT molecular complexity index is 1350. The maximum Gasteiger partial charge on any atom is 0.306 e. The molecule has 0 aromatic heterocycles. The van der Waals surface area contributed by atoms with Crippen LogP contribution in [-0.2, 0) is 28.6 Å². The topological polar surface area (TPSA) is 78.9 Å². The molecule has 0 aliphatic rings. The highest BCUT2D eigenvalue weighted by atomic mass is 16.6. The molecular weight excluding hydrogens is 865 g/mol. The van der Waals surface area contributed by atoms with Crippen molar-refractivity contribution in [3.63, 3.8) is 0 Å². The molecule has 0 rings (SSSR count). The molecule has 0 aromatic carbocycles. The first-order valence-electron chi connectivity index (χ1n) is 29.6. The van der Waals surface area contributed by atoms with Crippen LogP contribution >= 0.6 is 0 Å². The van der Waals surface area contributed by atoms with E-state index in [0.717, 1.165) is 128 Å². The molecule has 0 spiro atoms. The summed E-state index contributed by atoms with van der Waals surface area (Å²) in [4.78, 5) is 38.2. The van der Waals surface area contributed by atoms with Gasteiger partial charge in [0.15, 0.2) is 6.10 Å². The fraction of sp³-hybridized carbons (Fsp3) is 0.734. The van der Waals surface area contributed by atoms with Gasteiger partial charge in [-0.05, 0) is 89.9 Å². The van der Waals surface area contributed by atoms with Crippen molar-refractivity contribution in [3.05, 3.63) is 85.1 Å². The van der Waals surface area contributed by atoms with Gasteiger partial charge in [-0.2, -0.15) is 0 Å². The zero-order valence-electron chi connectivity index (χ0n) is 46.0. The lowest BCUT2D eigenvalue weighted by atomic mass is 10.0. The van der Waals surface area contributed by atoms with Gasteiger partial charge in [-0.1, -0.05) is 260 Å². The van der Waals surface area contributed by atoms with Gasteiger partial charge in [-0.15, -0.1) is 0 Å². The summed E-state index contributed by atoms with van der Waals surface area (Å²) in [5.41, 5.74) is 0. The van der Waals surface area contributed by atoms with Gasteiger partial charge in [0.25, 0.3) is 0 Å².